The Morgan fingerprint density at radius 1 is 0.913 bits per heavy atom. The Hall–Kier alpha value is -0.706. The van der Waals surface area contributed by atoms with Crippen molar-refractivity contribution in [2.24, 2.45) is 0 Å². The van der Waals surface area contributed by atoms with E-state index in [0.717, 1.165) is 13.8 Å². The first kappa shape index (κ1) is 20.3. The summed E-state index contributed by atoms with van der Waals surface area (Å²) >= 11 is 6.54. The molecule has 2 rings (SSSR count). The Balaban J connectivity index is 0.000000231. The van der Waals surface area contributed by atoms with E-state index in [0.29, 0.717) is 0 Å². The lowest BCUT2D eigenvalue weighted by molar-refractivity contribution is 1.38. The molecule has 0 amide bonds. The largest absolute Gasteiger partial charge is 0.236 e. The van der Waals surface area contributed by atoms with Crippen LogP contribution in [0, 0.1) is 22.9 Å². The summed E-state index contributed by atoms with van der Waals surface area (Å²) in [6.45, 7) is 13.4. The second-order valence-electron chi connectivity index (χ2n) is 6.81. The quantitative estimate of drug-likeness (QED) is 0.398. The summed E-state index contributed by atoms with van der Waals surface area (Å²) in [4.78, 5) is 8.23. The predicted molar refractivity (Wildman–Crippen MR) is 112 cm³/mol. The van der Waals surface area contributed by atoms with Crippen molar-refractivity contribution in [1.29, 1.82) is 0 Å². The minimum atomic E-state index is -1.24. The zero-order valence-corrected chi connectivity index (χ0v) is 19.5. The molecule has 0 spiro atoms. The molecule has 2 nitrogen and oxygen atoms in total. The Kier molecular flexibility index (Phi) is 7.92. The predicted octanol–water partition coefficient (Wildman–Crippen LogP) is 5.51. The first-order chi connectivity index (χ1) is 10.6. The minimum absolute atomic E-state index is 0.907. The van der Waals surface area contributed by atoms with Crippen LogP contribution in [-0.4, -0.2) is 26.1 Å². The number of aromatic nitrogens is 2. The molecule has 0 fully saturated rings. The molecule has 2 aromatic heterocycles. The van der Waals surface area contributed by atoms with Gasteiger partial charge in [0.2, 0.25) is 0 Å². The summed E-state index contributed by atoms with van der Waals surface area (Å²) in [5.41, 5.74) is 6.53. The molecule has 122 valence electrons. The second-order valence-corrected chi connectivity index (χ2v) is 19.6. The number of hydrogen-bond donors (Lipinski definition) is 0. The first-order valence-electron chi connectivity index (χ1n) is 7.12. The fraction of sp³-hybridized carbons (Fsp3) is 0.375. The maximum Gasteiger partial charge on any atom is 0.167 e. The highest BCUT2D eigenvalue weighted by Crippen LogP contribution is 2.18. The van der Waals surface area contributed by atoms with E-state index in [2.05, 4.69) is 88.1 Å². The third-order valence-corrected chi connectivity index (χ3v) is 5.83. The molecule has 23 heavy (non-hydrogen) atoms. The molecule has 0 aliphatic heterocycles. The molecular weight excluding hydrogens is 420 g/mol. The lowest BCUT2D eigenvalue weighted by atomic mass is 10.7. The van der Waals surface area contributed by atoms with E-state index in [9.17, 15) is 0 Å². The molecule has 0 bridgehead atoms. The van der Waals surface area contributed by atoms with Gasteiger partial charge >= 0.3 is 0 Å². The number of nitrogens with zero attached hydrogens (tertiary/aromatic N) is 2. The SMILES string of the molecule is C[Si](C)(C)C#Cc1ncc(Br)s1.C[Si](C)(C)C#Cc1nccs1. The average Bonchev–Trinajstić information content (AvgIpc) is 3.04. The van der Waals surface area contributed by atoms with Crippen molar-refractivity contribution in [3.8, 4) is 22.9 Å². The van der Waals surface area contributed by atoms with Gasteiger partial charge in [0.25, 0.3) is 0 Å². The van der Waals surface area contributed by atoms with Gasteiger partial charge in [-0.25, -0.2) is 9.97 Å². The zero-order chi connectivity index (χ0) is 17.5. The molecule has 0 saturated heterocycles. The lowest BCUT2D eigenvalue weighted by Gasteiger charge is -2.02. The summed E-state index contributed by atoms with van der Waals surface area (Å²) < 4.78 is 1.04. The highest BCUT2D eigenvalue weighted by atomic mass is 79.9. The van der Waals surface area contributed by atoms with Crippen LogP contribution in [0.3, 0.4) is 0 Å². The van der Waals surface area contributed by atoms with Gasteiger partial charge < -0.3 is 0 Å². The van der Waals surface area contributed by atoms with Crippen molar-refractivity contribution in [3.05, 3.63) is 31.6 Å². The topological polar surface area (TPSA) is 25.8 Å². The van der Waals surface area contributed by atoms with Gasteiger partial charge in [0, 0.05) is 11.6 Å². The first-order valence-corrected chi connectivity index (χ1v) is 16.6. The molecule has 2 heterocycles. The lowest BCUT2D eigenvalue weighted by Crippen LogP contribution is -2.16. The van der Waals surface area contributed by atoms with Crippen LogP contribution in [0.1, 0.15) is 10.0 Å². The van der Waals surface area contributed by atoms with E-state index in [-0.39, 0.29) is 0 Å². The Bertz CT molecular complexity index is 733. The molecule has 0 aromatic carbocycles. The monoisotopic (exact) mass is 440 g/mol. The number of halogens is 1. The Labute approximate surface area is 157 Å². The molecule has 0 radical (unpaired) electrons. The molecule has 0 saturated carbocycles. The van der Waals surface area contributed by atoms with Crippen LogP contribution < -0.4 is 0 Å². The van der Waals surface area contributed by atoms with Crippen molar-refractivity contribution in [2.75, 3.05) is 0 Å². The summed E-state index contributed by atoms with van der Waals surface area (Å²) in [5.74, 6) is 6.18. The van der Waals surface area contributed by atoms with Crippen LogP contribution in [0.15, 0.2) is 21.6 Å². The summed E-state index contributed by atoms with van der Waals surface area (Å²) in [6.07, 6.45) is 3.58. The summed E-state index contributed by atoms with van der Waals surface area (Å²) in [5, 5.41) is 3.80. The molecule has 0 N–H and O–H groups in total. The van der Waals surface area contributed by atoms with Gasteiger partial charge in [-0.3, -0.25) is 0 Å². The van der Waals surface area contributed by atoms with Crippen LogP contribution in [0.4, 0.5) is 0 Å². The molecule has 7 heteroatoms. The van der Waals surface area contributed by atoms with Gasteiger partial charge in [0.1, 0.15) is 16.1 Å². The van der Waals surface area contributed by atoms with Crippen molar-refractivity contribution < 1.29 is 0 Å². The highest BCUT2D eigenvalue weighted by molar-refractivity contribution is 9.11. The van der Waals surface area contributed by atoms with Gasteiger partial charge in [0.05, 0.1) is 9.98 Å². The Morgan fingerprint density at radius 2 is 1.48 bits per heavy atom. The minimum Gasteiger partial charge on any atom is -0.236 e. The summed E-state index contributed by atoms with van der Waals surface area (Å²) in [7, 11) is -2.45. The van der Waals surface area contributed by atoms with Gasteiger partial charge in [-0.1, -0.05) is 50.6 Å². The third kappa shape index (κ3) is 10.6. The number of hydrogen-bond acceptors (Lipinski definition) is 4. The molecule has 2 aromatic rings. The standard InChI is InChI=1S/C8H10BrNSSi.C8H11NSSi/c1-12(2,3)5-4-8-10-6-7(9)11-8;1-11(2,3)7-4-8-9-5-6-10-8/h6H,1-3H3;5-6H,1-3H3. The van der Waals surface area contributed by atoms with Gasteiger partial charge in [-0.05, 0) is 27.8 Å². The van der Waals surface area contributed by atoms with Crippen molar-refractivity contribution in [3.63, 3.8) is 0 Å². The normalized spacial score (nSPS) is 10.6. The molecule has 0 unspecified atom stereocenters. The van der Waals surface area contributed by atoms with E-state index < -0.39 is 16.1 Å². The molecule has 0 atom stereocenters. The van der Waals surface area contributed by atoms with E-state index in [4.69, 9.17) is 0 Å². The maximum absolute atomic E-state index is 4.14. The average molecular weight is 442 g/mol. The van der Waals surface area contributed by atoms with Crippen LogP contribution in [0.5, 0.6) is 0 Å². The smallest absolute Gasteiger partial charge is 0.167 e. The zero-order valence-electron chi connectivity index (χ0n) is 14.3. The van der Waals surface area contributed by atoms with Gasteiger partial charge in [-0.2, -0.15) is 0 Å². The third-order valence-electron chi connectivity index (χ3n) is 2.00. The molecule has 0 aliphatic carbocycles. The second kappa shape index (κ2) is 8.95. The highest BCUT2D eigenvalue weighted by Gasteiger charge is 2.08. The van der Waals surface area contributed by atoms with E-state index in [1.807, 2.05) is 5.38 Å². The van der Waals surface area contributed by atoms with Crippen molar-refractivity contribution in [2.45, 2.75) is 39.3 Å². The van der Waals surface area contributed by atoms with Gasteiger partial charge in [0.15, 0.2) is 10.0 Å². The number of rotatable bonds is 0. The summed E-state index contributed by atoms with van der Waals surface area (Å²) in [6, 6.07) is 0. The van der Waals surface area contributed by atoms with E-state index in [1.54, 1.807) is 35.1 Å². The van der Waals surface area contributed by atoms with Crippen LogP contribution in [0.2, 0.25) is 39.3 Å². The maximum atomic E-state index is 4.14. The molecular formula is C16H21BrN2S2Si2. The van der Waals surface area contributed by atoms with Crippen LogP contribution >= 0.6 is 38.6 Å². The fourth-order valence-corrected chi connectivity index (χ4v) is 3.79. The van der Waals surface area contributed by atoms with Crippen molar-refractivity contribution in [1.82, 2.24) is 9.97 Å². The van der Waals surface area contributed by atoms with Gasteiger partial charge in [-0.15, -0.1) is 22.4 Å². The molecule has 0 aliphatic rings. The van der Waals surface area contributed by atoms with Crippen LogP contribution in [0.25, 0.3) is 0 Å². The Morgan fingerprint density at radius 3 is 1.87 bits per heavy atom. The van der Waals surface area contributed by atoms with E-state index >= 15 is 0 Å². The fourth-order valence-electron chi connectivity index (χ4n) is 1.08. The van der Waals surface area contributed by atoms with Crippen molar-refractivity contribution >= 4 is 54.8 Å². The van der Waals surface area contributed by atoms with E-state index in [1.165, 1.54) is 0 Å². The van der Waals surface area contributed by atoms with Crippen LogP contribution in [-0.2, 0) is 0 Å². The number of thiazole rings is 2.